The lowest BCUT2D eigenvalue weighted by atomic mass is 9.98. The van der Waals surface area contributed by atoms with Crippen molar-refractivity contribution in [1.82, 2.24) is 5.32 Å². The third kappa shape index (κ3) is 3.76. The highest BCUT2D eigenvalue weighted by Crippen LogP contribution is 2.26. The van der Waals surface area contributed by atoms with E-state index in [1.807, 2.05) is 19.2 Å². The standard InChI is InChI=1S/C18H24N2O/c1-19-17(13-15-8-5-6-11-18(15)21-4)14-9-7-10-16(12-14)20(2)3/h5-12,17,19H,13H2,1-4H3. The number of nitrogens with one attached hydrogen (secondary N) is 1. The summed E-state index contributed by atoms with van der Waals surface area (Å²) in [5, 5.41) is 3.41. The molecule has 0 heterocycles. The van der Waals surface area contributed by atoms with Gasteiger partial charge in [0, 0.05) is 25.8 Å². The third-order valence-electron chi connectivity index (χ3n) is 3.75. The Labute approximate surface area is 127 Å². The summed E-state index contributed by atoms with van der Waals surface area (Å²) in [6.45, 7) is 0. The molecule has 2 rings (SSSR count). The van der Waals surface area contributed by atoms with E-state index in [2.05, 4.69) is 60.7 Å². The Morgan fingerprint density at radius 3 is 2.52 bits per heavy atom. The van der Waals surface area contributed by atoms with E-state index in [0.717, 1.165) is 12.2 Å². The van der Waals surface area contributed by atoms with Gasteiger partial charge in [0.25, 0.3) is 0 Å². The fraction of sp³-hybridized carbons (Fsp3) is 0.333. The average Bonchev–Trinajstić information content (AvgIpc) is 2.53. The van der Waals surface area contributed by atoms with Crippen LogP contribution in [0.5, 0.6) is 5.75 Å². The largest absolute Gasteiger partial charge is 0.496 e. The number of para-hydroxylation sites is 1. The Morgan fingerprint density at radius 2 is 1.86 bits per heavy atom. The SMILES string of the molecule is CNC(Cc1ccccc1OC)c1cccc(N(C)C)c1. The van der Waals surface area contributed by atoms with Gasteiger partial charge in [-0.15, -0.1) is 0 Å². The van der Waals surface area contributed by atoms with Crippen molar-refractivity contribution in [2.75, 3.05) is 33.2 Å². The molecule has 0 fully saturated rings. The van der Waals surface area contributed by atoms with Crippen molar-refractivity contribution in [2.24, 2.45) is 0 Å². The van der Waals surface area contributed by atoms with Crippen LogP contribution in [0.2, 0.25) is 0 Å². The molecule has 112 valence electrons. The Balaban J connectivity index is 2.25. The van der Waals surface area contributed by atoms with Gasteiger partial charge in [0.15, 0.2) is 0 Å². The minimum atomic E-state index is 0.265. The van der Waals surface area contributed by atoms with Gasteiger partial charge < -0.3 is 15.0 Å². The molecular formula is C18H24N2O. The maximum absolute atomic E-state index is 5.45. The van der Waals surface area contributed by atoms with Crippen LogP contribution in [0.25, 0.3) is 0 Å². The smallest absolute Gasteiger partial charge is 0.122 e. The first-order valence-electron chi connectivity index (χ1n) is 7.22. The maximum Gasteiger partial charge on any atom is 0.122 e. The van der Waals surface area contributed by atoms with Gasteiger partial charge in [0.05, 0.1) is 7.11 Å². The highest BCUT2D eigenvalue weighted by molar-refractivity contribution is 5.48. The molecule has 0 bridgehead atoms. The molecule has 2 aromatic carbocycles. The van der Waals surface area contributed by atoms with Gasteiger partial charge in [-0.25, -0.2) is 0 Å². The number of ether oxygens (including phenoxy) is 1. The van der Waals surface area contributed by atoms with Crippen LogP contribution >= 0.6 is 0 Å². The zero-order valence-electron chi connectivity index (χ0n) is 13.3. The van der Waals surface area contributed by atoms with Crippen molar-refractivity contribution in [3.63, 3.8) is 0 Å². The predicted octanol–water partition coefficient (Wildman–Crippen LogP) is 3.26. The van der Waals surface area contributed by atoms with Crippen LogP contribution in [-0.2, 0) is 6.42 Å². The van der Waals surface area contributed by atoms with Crippen LogP contribution in [0.4, 0.5) is 5.69 Å². The minimum absolute atomic E-state index is 0.265. The molecule has 3 heteroatoms. The third-order valence-corrected chi connectivity index (χ3v) is 3.75. The summed E-state index contributed by atoms with van der Waals surface area (Å²) in [5.41, 5.74) is 3.72. The molecule has 0 radical (unpaired) electrons. The highest BCUT2D eigenvalue weighted by Gasteiger charge is 2.13. The number of rotatable bonds is 6. The number of likely N-dealkylation sites (N-methyl/N-ethyl adjacent to an activating group) is 1. The summed E-state index contributed by atoms with van der Waals surface area (Å²) in [5.74, 6) is 0.946. The average molecular weight is 284 g/mol. The van der Waals surface area contributed by atoms with Crippen molar-refractivity contribution in [3.05, 3.63) is 59.7 Å². The molecule has 21 heavy (non-hydrogen) atoms. The summed E-state index contributed by atoms with van der Waals surface area (Å²) in [7, 11) is 7.85. The first kappa shape index (κ1) is 15.4. The van der Waals surface area contributed by atoms with E-state index >= 15 is 0 Å². The van der Waals surface area contributed by atoms with E-state index in [1.54, 1.807) is 7.11 Å². The van der Waals surface area contributed by atoms with Gasteiger partial charge in [0.1, 0.15) is 5.75 Å². The summed E-state index contributed by atoms with van der Waals surface area (Å²) in [4.78, 5) is 2.12. The molecule has 0 saturated heterocycles. The molecule has 1 atom stereocenters. The van der Waals surface area contributed by atoms with Crippen LogP contribution in [-0.4, -0.2) is 28.3 Å². The molecule has 1 N–H and O–H groups in total. The molecule has 2 aromatic rings. The summed E-state index contributed by atoms with van der Waals surface area (Å²) in [6, 6.07) is 17.1. The molecule has 1 unspecified atom stereocenters. The van der Waals surface area contributed by atoms with Crippen molar-refractivity contribution >= 4 is 5.69 Å². The van der Waals surface area contributed by atoms with E-state index in [1.165, 1.54) is 16.8 Å². The van der Waals surface area contributed by atoms with Gasteiger partial charge in [-0.3, -0.25) is 0 Å². The Kier molecular flexibility index (Phi) is 5.23. The second kappa shape index (κ2) is 7.14. The molecule has 3 nitrogen and oxygen atoms in total. The highest BCUT2D eigenvalue weighted by atomic mass is 16.5. The molecular weight excluding hydrogens is 260 g/mol. The lowest BCUT2D eigenvalue weighted by Crippen LogP contribution is -2.19. The van der Waals surface area contributed by atoms with Crippen LogP contribution in [0.1, 0.15) is 17.2 Å². The monoisotopic (exact) mass is 284 g/mol. The first-order chi connectivity index (χ1) is 10.2. The van der Waals surface area contributed by atoms with E-state index in [-0.39, 0.29) is 6.04 Å². The van der Waals surface area contributed by atoms with Crippen molar-refractivity contribution in [2.45, 2.75) is 12.5 Å². The van der Waals surface area contributed by atoms with E-state index < -0.39 is 0 Å². The van der Waals surface area contributed by atoms with Crippen LogP contribution < -0.4 is 15.0 Å². The number of anilines is 1. The van der Waals surface area contributed by atoms with Crippen LogP contribution in [0.15, 0.2) is 48.5 Å². The number of nitrogens with zero attached hydrogens (tertiary/aromatic N) is 1. The normalized spacial score (nSPS) is 12.0. The minimum Gasteiger partial charge on any atom is -0.496 e. The lowest BCUT2D eigenvalue weighted by molar-refractivity contribution is 0.406. The molecule has 0 aliphatic rings. The zero-order chi connectivity index (χ0) is 15.2. The van der Waals surface area contributed by atoms with Crippen molar-refractivity contribution in [3.8, 4) is 5.75 Å². The predicted molar refractivity (Wildman–Crippen MR) is 89.3 cm³/mol. The number of hydrogen-bond acceptors (Lipinski definition) is 3. The summed E-state index contributed by atoms with van der Waals surface area (Å²) >= 11 is 0. The molecule has 0 aliphatic heterocycles. The summed E-state index contributed by atoms with van der Waals surface area (Å²) in [6.07, 6.45) is 0.900. The van der Waals surface area contributed by atoms with E-state index in [4.69, 9.17) is 4.74 Å². The topological polar surface area (TPSA) is 24.5 Å². The molecule has 0 aliphatic carbocycles. The zero-order valence-corrected chi connectivity index (χ0v) is 13.3. The van der Waals surface area contributed by atoms with Gasteiger partial charge in [-0.05, 0) is 42.8 Å². The van der Waals surface area contributed by atoms with Gasteiger partial charge in [-0.2, -0.15) is 0 Å². The molecule has 0 spiro atoms. The molecule has 0 amide bonds. The molecule has 0 saturated carbocycles. The molecule has 0 aromatic heterocycles. The number of hydrogen-bond donors (Lipinski definition) is 1. The Bertz CT molecular complexity index is 581. The summed E-state index contributed by atoms with van der Waals surface area (Å²) < 4.78 is 5.45. The van der Waals surface area contributed by atoms with E-state index in [9.17, 15) is 0 Å². The van der Waals surface area contributed by atoms with Gasteiger partial charge in [0.2, 0.25) is 0 Å². The first-order valence-corrected chi connectivity index (χ1v) is 7.22. The van der Waals surface area contributed by atoms with Crippen molar-refractivity contribution < 1.29 is 4.74 Å². The fourth-order valence-electron chi connectivity index (χ4n) is 2.50. The Morgan fingerprint density at radius 1 is 1.10 bits per heavy atom. The van der Waals surface area contributed by atoms with Crippen molar-refractivity contribution in [1.29, 1.82) is 0 Å². The number of methoxy groups -OCH3 is 1. The van der Waals surface area contributed by atoms with E-state index in [0.29, 0.717) is 0 Å². The second-order valence-electron chi connectivity index (χ2n) is 5.35. The van der Waals surface area contributed by atoms with Crippen LogP contribution in [0.3, 0.4) is 0 Å². The van der Waals surface area contributed by atoms with Gasteiger partial charge in [-0.1, -0.05) is 30.3 Å². The van der Waals surface area contributed by atoms with Gasteiger partial charge >= 0.3 is 0 Å². The quantitative estimate of drug-likeness (QED) is 0.881. The maximum atomic E-state index is 5.45. The second-order valence-corrected chi connectivity index (χ2v) is 5.35. The lowest BCUT2D eigenvalue weighted by Gasteiger charge is -2.20. The fourth-order valence-corrected chi connectivity index (χ4v) is 2.50. The Hall–Kier alpha value is -2.00. The van der Waals surface area contributed by atoms with Crippen LogP contribution in [0, 0.1) is 0 Å². The number of benzene rings is 2.